The number of anilines is 2. The normalized spacial score (nSPS) is 10.8. The molecule has 7 nitrogen and oxygen atoms in total. The average Bonchev–Trinajstić information content (AvgIpc) is 3.70. The number of aromatic nitrogens is 2. The Morgan fingerprint density at radius 3 is 1.38 bits per heavy atom. The zero-order valence-corrected chi connectivity index (χ0v) is 26.8. The Kier molecular flexibility index (Phi) is 8.55. The van der Waals surface area contributed by atoms with Crippen molar-refractivity contribution in [3.63, 3.8) is 0 Å². The molecule has 9 heteroatoms. The molecule has 2 aromatic heterocycles. The van der Waals surface area contributed by atoms with E-state index in [0.29, 0.717) is 32.9 Å². The second kappa shape index (κ2) is 12.9. The van der Waals surface area contributed by atoms with E-state index >= 15 is 0 Å². The van der Waals surface area contributed by atoms with Gasteiger partial charge in [-0.05, 0) is 99.5 Å². The highest BCUT2D eigenvalue weighted by atomic mass is 32.1. The summed E-state index contributed by atoms with van der Waals surface area (Å²) in [6.45, 7) is 7.78. The highest BCUT2D eigenvalue weighted by Crippen LogP contribution is 2.31. The van der Waals surface area contributed by atoms with Crippen molar-refractivity contribution in [2.45, 2.75) is 27.7 Å². The fraction of sp³-hybridized carbons (Fsp3) is 0.111. The van der Waals surface area contributed by atoms with Crippen molar-refractivity contribution in [1.82, 2.24) is 9.97 Å². The van der Waals surface area contributed by atoms with E-state index in [-0.39, 0.29) is 11.8 Å². The predicted octanol–water partition coefficient (Wildman–Crippen LogP) is 9.46. The fourth-order valence-electron chi connectivity index (χ4n) is 4.74. The van der Waals surface area contributed by atoms with E-state index in [1.807, 2.05) is 123 Å². The van der Waals surface area contributed by atoms with Crippen LogP contribution in [0.1, 0.15) is 43.0 Å². The van der Waals surface area contributed by atoms with Gasteiger partial charge < -0.3 is 4.74 Å². The lowest BCUT2D eigenvalue weighted by Crippen LogP contribution is -2.13. The first-order valence-corrected chi connectivity index (χ1v) is 16.0. The number of nitrogens with zero attached hydrogens (tertiary/aromatic N) is 2. The lowest BCUT2D eigenvalue weighted by Gasteiger charge is -2.07. The van der Waals surface area contributed by atoms with Gasteiger partial charge in [-0.3, -0.25) is 20.2 Å². The number of hydrogen-bond acceptors (Lipinski definition) is 7. The molecule has 0 aliphatic heterocycles. The van der Waals surface area contributed by atoms with Crippen LogP contribution in [0.15, 0.2) is 95.7 Å². The van der Waals surface area contributed by atoms with E-state index in [0.717, 1.165) is 44.8 Å². The molecule has 0 unspecified atom stereocenters. The molecule has 0 saturated heterocycles. The molecule has 2 N–H and O–H groups in total. The molecule has 0 saturated carbocycles. The number of nitrogens with one attached hydrogen (secondary N) is 2. The van der Waals surface area contributed by atoms with Crippen LogP contribution in [0.25, 0.3) is 22.5 Å². The number of amides is 2. The maximum absolute atomic E-state index is 12.8. The third kappa shape index (κ3) is 7.01. The molecular formula is C36H30N4O3S2. The van der Waals surface area contributed by atoms with Gasteiger partial charge in [0.25, 0.3) is 11.8 Å². The Balaban J connectivity index is 1.06. The van der Waals surface area contributed by atoms with E-state index in [1.165, 1.54) is 22.7 Å². The minimum atomic E-state index is -0.165. The third-order valence-corrected chi connectivity index (χ3v) is 8.78. The average molecular weight is 631 g/mol. The van der Waals surface area contributed by atoms with Crippen molar-refractivity contribution in [3.8, 4) is 34.0 Å². The highest BCUT2D eigenvalue weighted by Gasteiger charge is 2.14. The first-order valence-electron chi connectivity index (χ1n) is 14.3. The van der Waals surface area contributed by atoms with Crippen LogP contribution < -0.4 is 15.4 Å². The van der Waals surface area contributed by atoms with Gasteiger partial charge in [-0.25, -0.2) is 9.97 Å². The molecular weight excluding hydrogens is 601 g/mol. The molecule has 0 aliphatic rings. The first-order chi connectivity index (χ1) is 21.7. The zero-order valence-electron chi connectivity index (χ0n) is 25.2. The summed E-state index contributed by atoms with van der Waals surface area (Å²) in [4.78, 5) is 34.8. The molecule has 2 amide bonds. The summed E-state index contributed by atoms with van der Waals surface area (Å²) in [7, 11) is 0. The second-order valence-corrected chi connectivity index (χ2v) is 12.5. The Labute approximate surface area is 269 Å². The maximum atomic E-state index is 12.8. The van der Waals surface area contributed by atoms with Crippen molar-refractivity contribution >= 4 is 44.8 Å². The SMILES string of the molecule is Cc1ccc(C)c(C(=O)Nc2nc(-c3ccc(Oc4ccc(-c5csc(NC(=O)c6cc(C)ccc6C)n5)cc4)cc3)cs2)c1. The van der Waals surface area contributed by atoms with Crippen LogP contribution in [0.4, 0.5) is 10.3 Å². The molecule has 4 aromatic carbocycles. The number of aryl methyl sites for hydroxylation is 4. The Hall–Kier alpha value is -5.12. The van der Waals surface area contributed by atoms with Gasteiger partial charge in [0.1, 0.15) is 11.5 Å². The quantitative estimate of drug-likeness (QED) is 0.175. The summed E-state index contributed by atoms with van der Waals surface area (Å²) in [6, 6.07) is 27.0. The molecule has 0 atom stereocenters. The Bertz CT molecular complexity index is 1870. The summed E-state index contributed by atoms with van der Waals surface area (Å²) in [6.07, 6.45) is 0. The van der Waals surface area contributed by atoms with Gasteiger partial charge in [0.2, 0.25) is 0 Å². The van der Waals surface area contributed by atoms with Crippen molar-refractivity contribution in [3.05, 3.63) is 129 Å². The molecule has 6 aromatic rings. The molecule has 0 fully saturated rings. The number of thiazole rings is 2. The second-order valence-electron chi connectivity index (χ2n) is 10.8. The number of benzene rings is 4. The van der Waals surface area contributed by atoms with Gasteiger partial charge in [0.15, 0.2) is 10.3 Å². The molecule has 6 rings (SSSR count). The number of hydrogen-bond donors (Lipinski definition) is 2. The zero-order chi connectivity index (χ0) is 31.5. The summed E-state index contributed by atoms with van der Waals surface area (Å²) in [5.74, 6) is 1.05. The molecule has 224 valence electrons. The van der Waals surface area contributed by atoms with Crippen molar-refractivity contribution in [1.29, 1.82) is 0 Å². The maximum Gasteiger partial charge on any atom is 0.257 e. The number of ether oxygens (including phenoxy) is 1. The van der Waals surface area contributed by atoms with E-state index in [1.54, 1.807) is 0 Å². The predicted molar refractivity (Wildman–Crippen MR) is 183 cm³/mol. The first kappa shape index (κ1) is 29.9. The van der Waals surface area contributed by atoms with Crippen molar-refractivity contribution in [2.24, 2.45) is 0 Å². The third-order valence-electron chi connectivity index (χ3n) is 7.26. The number of rotatable bonds is 8. The number of carbonyl (C=O) groups is 2. The van der Waals surface area contributed by atoms with Gasteiger partial charge in [-0.15, -0.1) is 22.7 Å². The largest absolute Gasteiger partial charge is 0.457 e. The van der Waals surface area contributed by atoms with Crippen LogP contribution in [-0.4, -0.2) is 21.8 Å². The van der Waals surface area contributed by atoms with Crippen LogP contribution >= 0.6 is 22.7 Å². The van der Waals surface area contributed by atoms with E-state index in [9.17, 15) is 9.59 Å². The molecule has 0 radical (unpaired) electrons. The van der Waals surface area contributed by atoms with Crippen LogP contribution in [-0.2, 0) is 0 Å². The molecule has 45 heavy (non-hydrogen) atoms. The summed E-state index contributed by atoms with van der Waals surface area (Å²) in [5.41, 5.74) is 8.61. The van der Waals surface area contributed by atoms with Crippen molar-refractivity contribution in [2.75, 3.05) is 10.6 Å². The van der Waals surface area contributed by atoms with Gasteiger partial charge in [-0.1, -0.05) is 35.4 Å². The lowest BCUT2D eigenvalue weighted by atomic mass is 10.1. The monoisotopic (exact) mass is 630 g/mol. The summed E-state index contributed by atoms with van der Waals surface area (Å²) in [5, 5.41) is 10.8. The van der Waals surface area contributed by atoms with Gasteiger partial charge in [-0.2, -0.15) is 0 Å². The lowest BCUT2D eigenvalue weighted by molar-refractivity contribution is 0.101. The minimum absolute atomic E-state index is 0.165. The van der Waals surface area contributed by atoms with E-state index < -0.39 is 0 Å². The molecule has 0 aliphatic carbocycles. The Morgan fingerprint density at radius 2 is 0.978 bits per heavy atom. The summed E-state index contributed by atoms with van der Waals surface area (Å²) < 4.78 is 6.07. The fourth-order valence-corrected chi connectivity index (χ4v) is 6.17. The molecule has 0 spiro atoms. The standard InChI is InChI=1S/C36H30N4O3S2/c1-21-5-7-23(3)29(17-21)33(41)39-35-37-31(19-44-35)25-9-13-27(14-10-25)43-28-15-11-26(12-16-28)32-20-45-36(38-32)40-34(42)30-18-22(2)6-8-24(30)4/h5-20H,1-4H3,(H,37,39,41)(H,38,40,42). The topological polar surface area (TPSA) is 93.2 Å². The van der Waals surface area contributed by atoms with Gasteiger partial charge >= 0.3 is 0 Å². The highest BCUT2D eigenvalue weighted by molar-refractivity contribution is 7.14. The van der Waals surface area contributed by atoms with Gasteiger partial charge in [0, 0.05) is 33.0 Å². The van der Waals surface area contributed by atoms with Crippen LogP contribution in [0.3, 0.4) is 0 Å². The van der Waals surface area contributed by atoms with Crippen molar-refractivity contribution < 1.29 is 14.3 Å². The minimum Gasteiger partial charge on any atom is -0.457 e. The van der Waals surface area contributed by atoms with E-state index in [2.05, 4.69) is 20.6 Å². The van der Waals surface area contributed by atoms with Crippen LogP contribution in [0, 0.1) is 27.7 Å². The molecule has 0 bridgehead atoms. The van der Waals surface area contributed by atoms with Crippen LogP contribution in [0.2, 0.25) is 0 Å². The molecule has 2 heterocycles. The summed E-state index contributed by atoms with van der Waals surface area (Å²) >= 11 is 2.78. The number of carbonyl (C=O) groups excluding carboxylic acids is 2. The van der Waals surface area contributed by atoms with Gasteiger partial charge in [0.05, 0.1) is 11.4 Å². The smallest absolute Gasteiger partial charge is 0.257 e. The Morgan fingerprint density at radius 1 is 0.578 bits per heavy atom. The van der Waals surface area contributed by atoms with E-state index in [4.69, 9.17) is 4.74 Å². The van der Waals surface area contributed by atoms with Crippen LogP contribution in [0.5, 0.6) is 11.5 Å².